The number of nitrogens with one attached hydrogen (secondary N) is 3. The summed E-state index contributed by atoms with van der Waals surface area (Å²) in [5.74, 6) is -1.74. The zero-order chi connectivity index (χ0) is 17.4. The Morgan fingerprint density at radius 3 is 2.42 bits per heavy atom. The first-order valence-corrected chi connectivity index (χ1v) is 7.19. The summed E-state index contributed by atoms with van der Waals surface area (Å²) < 4.78 is 5.11. The van der Waals surface area contributed by atoms with E-state index < -0.39 is 30.2 Å². The van der Waals surface area contributed by atoms with Gasteiger partial charge < -0.3 is 9.52 Å². The van der Waals surface area contributed by atoms with E-state index in [0.717, 1.165) is 0 Å². The van der Waals surface area contributed by atoms with E-state index in [1.807, 2.05) is 0 Å². The molecule has 2 amide bonds. The minimum atomic E-state index is -1.14. The maximum atomic E-state index is 12.1. The van der Waals surface area contributed by atoms with Crippen LogP contribution in [0.3, 0.4) is 0 Å². The van der Waals surface area contributed by atoms with E-state index in [2.05, 4.69) is 16.2 Å². The van der Waals surface area contributed by atoms with Gasteiger partial charge in [0.15, 0.2) is 0 Å². The van der Waals surface area contributed by atoms with Gasteiger partial charge in [0.2, 0.25) is 0 Å². The summed E-state index contributed by atoms with van der Waals surface area (Å²) >= 11 is 0. The molecule has 1 aromatic carbocycles. The molecule has 0 aliphatic heterocycles. The van der Waals surface area contributed by atoms with E-state index in [9.17, 15) is 14.4 Å². The lowest BCUT2D eigenvalue weighted by Gasteiger charge is -2.16. The molecule has 4 N–H and O–H groups in total. The predicted octanol–water partition coefficient (Wildman–Crippen LogP) is 0.674. The highest BCUT2D eigenvalue weighted by Gasteiger charge is 2.22. The monoisotopic (exact) mass is 331 g/mol. The van der Waals surface area contributed by atoms with Crippen LogP contribution in [-0.4, -0.2) is 28.9 Å². The van der Waals surface area contributed by atoms with Crippen molar-refractivity contribution in [3.8, 4) is 0 Å². The maximum Gasteiger partial charge on any atom is 0.305 e. The van der Waals surface area contributed by atoms with E-state index in [4.69, 9.17) is 9.52 Å². The van der Waals surface area contributed by atoms with Crippen LogP contribution in [0.2, 0.25) is 0 Å². The normalized spacial score (nSPS) is 11.5. The van der Waals surface area contributed by atoms with Crippen molar-refractivity contribution >= 4 is 17.8 Å². The second-order valence-corrected chi connectivity index (χ2v) is 4.92. The molecule has 1 atom stereocenters. The Hall–Kier alpha value is -3.13. The topological polar surface area (TPSA) is 121 Å². The van der Waals surface area contributed by atoms with Gasteiger partial charge in [-0.05, 0) is 24.3 Å². The number of hydrazine groups is 1. The van der Waals surface area contributed by atoms with Gasteiger partial charge in [0.25, 0.3) is 11.8 Å². The van der Waals surface area contributed by atoms with Crippen molar-refractivity contribution < 1.29 is 23.9 Å². The fourth-order valence-corrected chi connectivity index (χ4v) is 1.94. The average molecular weight is 331 g/mol. The highest BCUT2D eigenvalue weighted by atomic mass is 16.4. The Morgan fingerprint density at radius 2 is 1.79 bits per heavy atom. The van der Waals surface area contributed by atoms with Crippen molar-refractivity contribution in [1.82, 2.24) is 16.2 Å². The average Bonchev–Trinajstić information content (AvgIpc) is 3.10. The van der Waals surface area contributed by atoms with Crippen LogP contribution in [0.15, 0.2) is 53.1 Å². The summed E-state index contributed by atoms with van der Waals surface area (Å²) in [6, 6.07) is 10.7. The molecule has 0 aliphatic rings. The first kappa shape index (κ1) is 17.2. The standard InChI is InChI=1S/C16H17N3O5/c20-14(21)9-13(17-10-12-7-4-8-24-12)16(23)19-18-15(22)11-5-2-1-3-6-11/h1-8,13,17H,9-10H2,(H,18,22)(H,19,23)(H,20,21)/t13-/m1/s1. The molecule has 24 heavy (non-hydrogen) atoms. The molecule has 126 valence electrons. The molecule has 0 saturated heterocycles. The number of amides is 2. The molecule has 1 aromatic heterocycles. The van der Waals surface area contributed by atoms with Crippen LogP contribution in [0.4, 0.5) is 0 Å². The van der Waals surface area contributed by atoms with Crippen molar-refractivity contribution in [3.63, 3.8) is 0 Å². The van der Waals surface area contributed by atoms with E-state index in [1.54, 1.807) is 42.5 Å². The quantitative estimate of drug-likeness (QED) is 0.554. The van der Waals surface area contributed by atoms with Gasteiger partial charge in [-0.25, -0.2) is 0 Å². The van der Waals surface area contributed by atoms with Gasteiger partial charge in [0, 0.05) is 5.56 Å². The third-order valence-corrected chi connectivity index (χ3v) is 3.13. The zero-order valence-corrected chi connectivity index (χ0v) is 12.7. The molecule has 0 unspecified atom stereocenters. The number of hydrogen-bond acceptors (Lipinski definition) is 5. The van der Waals surface area contributed by atoms with Crippen LogP contribution >= 0.6 is 0 Å². The third-order valence-electron chi connectivity index (χ3n) is 3.13. The number of aliphatic carboxylic acids is 1. The molecule has 0 bridgehead atoms. The van der Waals surface area contributed by atoms with Gasteiger partial charge in [-0.1, -0.05) is 18.2 Å². The van der Waals surface area contributed by atoms with Crippen molar-refractivity contribution in [3.05, 3.63) is 60.1 Å². The van der Waals surface area contributed by atoms with E-state index in [-0.39, 0.29) is 6.54 Å². The highest BCUT2D eigenvalue weighted by Crippen LogP contribution is 2.02. The van der Waals surface area contributed by atoms with E-state index >= 15 is 0 Å². The zero-order valence-electron chi connectivity index (χ0n) is 12.7. The van der Waals surface area contributed by atoms with Crippen molar-refractivity contribution in [2.45, 2.75) is 19.0 Å². The van der Waals surface area contributed by atoms with E-state index in [0.29, 0.717) is 11.3 Å². The summed E-state index contributed by atoms with van der Waals surface area (Å²) in [5, 5.41) is 11.7. The van der Waals surface area contributed by atoms with Gasteiger partial charge in [0.05, 0.1) is 25.3 Å². The van der Waals surface area contributed by atoms with Crippen LogP contribution in [-0.2, 0) is 16.1 Å². The van der Waals surface area contributed by atoms with Crippen LogP contribution in [0.1, 0.15) is 22.5 Å². The van der Waals surface area contributed by atoms with Crippen molar-refractivity contribution in [1.29, 1.82) is 0 Å². The lowest BCUT2D eigenvalue weighted by Crippen LogP contribution is -2.51. The van der Waals surface area contributed by atoms with Crippen LogP contribution in [0, 0.1) is 0 Å². The van der Waals surface area contributed by atoms with Gasteiger partial charge in [-0.3, -0.25) is 30.6 Å². The number of carboxylic acid groups (broad SMARTS) is 1. The Balaban J connectivity index is 1.89. The predicted molar refractivity (Wildman–Crippen MR) is 83.6 cm³/mol. The fourth-order valence-electron chi connectivity index (χ4n) is 1.94. The van der Waals surface area contributed by atoms with Crippen LogP contribution in [0.25, 0.3) is 0 Å². The molecular formula is C16H17N3O5. The SMILES string of the molecule is O=C(O)C[C@@H](NCc1ccco1)C(=O)NNC(=O)c1ccccc1. The molecule has 2 rings (SSSR count). The molecule has 0 spiro atoms. The largest absolute Gasteiger partial charge is 0.481 e. The number of furan rings is 1. The van der Waals surface area contributed by atoms with Gasteiger partial charge in [-0.2, -0.15) is 0 Å². The molecular weight excluding hydrogens is 314 g/mol. The van der Waals surface area contributed by atoms with Gasteiger partial charge in [-0.15, -0.1) is 0 Å². The lowest BCUT2D eigenvalue weighted by molar-refractivity contribution is -0.140. The minimum absolute atomic E-state index is 0.186. The van der Waals surface area contributed by atoms with Gasteiger partial charge >= 0.3 is 5.97 Å². The number of benzene rings is 1. The highest BCUT2D eigenvalue weighted by molar-refractivity contribution is 5.96. The van der Waals surface area contributed by atoms with E-state index in [1.165, 1.54) is 6.26 Å². The molecule has 0 aliphatic carbocycles. The Kier molecular flexibility index (Phi) is 6.09. The summed E-state index contributed by atoms with van der Waals surface area (Å²) in [7, 11) is 0. The number of hydrogen-bond donors (Lipinski definition) is 4. The lowest BCUT2D eigenvalue weighted by atomic mass is 10.2. The van der Waals surface area contributed by atoms with Crippen LogP contribution in [0.5, 0.6) is 0 Å². The van der Waals surface area contributed by atoms with Crippen molar-refractivity contribution in [2.75, 3.05) is 0 Å². The smallest absolute Gasteiger partial charge is 0.305 e. The summed E-state index contributed by atoms with van der Waals surface area (Å²) in [5.41, 5.74) is 4.84. The number of carboxylic acids is 1. The van der Waals surface area contributed by atoms with Crippen molar-refractivity contribution in [2.24, 2.45) is 0 Å². The first-order valence-electron chi connectivity index (χ1n) is 7.19. The summed E-state index contributed by atoms with van der Waals surface area (Å²) in [6.07, 6.45) is 1.04. The molecule has 0 fully saturated rings. The molecule has 0 saturated carbocycles. The molecule has 8 nitrogen and oxygen atoms in total. The second-order valence-electron chi connectivity index (χ2n) is 4.92. The van der Waals surface area contributed by atoms with Crippen LogP contribution < -0.4 is 16.2 Å². The first-order chi connectivity index (χ1) is 11.6. The fraction of sp³-hybridized carbons (Fsp3) is 0.188. The number of rotatable bonds is 7. The molecule has 0 radical (unpaired) electrons. The second kappa shape index (κ2) is 8.49. The summed E-state index contributed by atoms with van der Waals surface area (Å²) in [6.45, 7) is 0.186. The maximum absolute atomic E-state index is 12.1. The summed E-state index contributed by atoms with van der Waals surface area (Å²) in [4.78, 5) is 34.9. The minimum Gasteiger partial charge on any atom is -0.481 e. The molecule has 8 heteroatoms. The Labute approximate surface area is 137 Å². The number of carbonyl (C=O) groups is 3. The number of carbonyl (C=O) groups excluding carboxylic acids is 2. The Morgan fingerprint density at radius 1 is 1.04 bits per heavy atom. The third kappa shape index (κ3) is 5.25. The molecule has 2 aromatic rings. The molecule has 1 heterocycles. The Bertz CT molecular complexity index is 685. The van der Waals surface area contributed by atoms with Gasteiger partial charge in [0.1, 0.15) is 5.76 Å².